The Balaban J connectivity index is 2.96. The van der Waals surface area contributed by atoms with E-state index in [1.54, 1.807) is 13.8 Å². The zero-order chi connectivity index (χ0) is 16.4. The Morgan fingerprint density at radius 3 is 2.33 bits per heavy atom. The maximum atomic E-state index is 12.0. The molecule has 118 valence electrons. The predicted octanol–water partition coefficient (Wildman–Crippen LogP) is 0.837. The van der Waals surface area contributed by atoms with Crippen LogP contribution in [0.5, 0.6) is 0 Å². The second kappa shape index (κ2) is 6.54. The van der Waals surface area contributed by atoms with Crippen molar-refractivity contribution in [2.24, 2.45) is 5.92 Å². The lowest BCUT2D eigenvalue weighted by Crippen LogP contribution is -2.44. The first kappa shape index (κ1) is 17.6. The summed E-state index contributed by atoms with van der Waals surface area (Å²) in [5.74, 6) is -2.01. The standard InChI is InChI=1S/C12H18N2O5S2/c1-7(2)10(12(16)17)13-11(15)9-5-8(6-20-9)21(18,19)14(3)4/h5-7,10H,1-4H3,(H,13,15)(H,16,17)/t10-/m1/s1. The van der Waals surface area contributed by atoms with E-state index in [4.69, 9.17) is 5.11 Å². The number of amides is 1. The minimum absolute atomic E-state index is 0.0130. The quantitative estimate of drug-likeness (QED) is 0.802. The molecule has 0 spiro atoms. The summed E-state index contributed by atoms with van der Waals surface area (Å²) in [5.41, 5.74) is 0. The maximum absolute atomic E-state index is 12.0. The largest absolute Gasteiger partial charge is 0.480 e. The molecule has 7 nitrogen and oxygen atoms in total. The van der Waals surface area contributed by atoms with Crippen LogP contribution in [0.1, 0.15) is 23.5 Å². The fraction of sp³-hybridized carbons (Fsp3) is 0.500. The molecule has 0 radical (unpaired) electrons. The van der Waals surface area contributed by atoms with Gasteiger partial charge in [-0.15, -0.1) is 11.3 Å². The first-order chi connectivity index (χ1) is 9.57. The fourth-order valence-electron chi connectivity index (χ4n) is 1.51. The van der Waals surface area contributed by atoms with Crippen LogP contribution in [0, 0.1) is 5.92 Å². The van der Waals surface area contributed by atoms with Gasteiger partial charge in [0.05, 0.1) is 9.77 Å². The number of nitrogens with one attached hydrogen (secondary N) is 1. The summed E-state index contributed by atoms with van der Waals surface area (Å²) in [4.78, 5) is 23.2. The Labute approximate surface area is 127 Å². The molecule has 0 bridgehead atoms. The van der Waals surface area contributed by atoms with E-state index in [2.05, 4.69) is 5.32 Å². The van der Waals surface area contributed by atoms with Gasteiger partial charge in [0, 0.05) is 19.5 Å². The van der Waals surface area contributed by atoms with Crippen LogP contribution in [0.4, 0.5) is 0 Å². The third-order valence-corrected chi connectivity index (χ3v) is 5.67. The van der Waals surface area contributed by atoms with Gasteiger partial charge < -0.3 is 10.4 Å². The molecular formula is C12H18N2O5S2. The Hall–Kier alpha value is -1.45. The van der Waals surface area contributed by atoms with Gasteiger partial charge in [-0.25, -0.2) is 17.5 Å². The minimum atomic E-state index is -3.60. The minimum Gasteiger partial charge on any atom is -0.480 e. The van der Waals surface area contributed by atoms with Crippen LogP contribution < -0.4 is 5.32 Å². The number of hydrogen-bond donors (Lipinski definition) is 2. The highest BCUT2D eigenvalue weighted by Gasteiger charge is 2.26. The van der Waals surface area contributed by atoms with Crippen molar-refractivity contribution in [2.45, 2.75) is 24.8 Å². The molecule has 1 amide bonds. The van der Waals surface area contributed by atoms with Crippen LogP contribution in [0.3, 0.4) is 0 Å². The molecule has 0 aliphatic heterocycles. The molecule has 2 N–H and O–H groups in total. The summed E-state index contributed by atoms with van der Waals surface area (Å²) in [6.07, 6.45) is 0. The van der Waals surface area contributed by atoms with E-state index < -0.39 is 27.9 Å². The van der Waals surface area contributed by atoms with Gasteiger partial charge in [-0.2, -0.15) is 0 Å². The summed E-state index contributed by atoms with van der Waals surface area (Å²) < 4.78 is 24.9. The second-order valence-electron chi connectivity index (χ2n) is 4.97. The van der Waals surface area contributed by atoms with Crippen molar-refractivity contribution in [3.63, 3.8) is 0 Å². The summed E-state index contributed by atoms with van der Waals surface area (Å²) in [6.45, 7) is 3.35. The van der Waals surface area contributed by atoms with Crippen molar-refractivity contribution in [1.82, 2.24) is 9.62 Å². The van der Waals surface area contributed by atoms with E-state index in [0.717, 1.165) is 15.6 Å². The third-order valence-electron chi connectivity index (χ3n) is 2.80. The van der Waals surface area contributed by atoms with Crippen molar-refractivity contribution >= 4 is 33.2 Å². The van der Waals surface area contributed by atoms with Gasteiger partial charge in [0.2, 0.25) is 10.0 Å². The number of nitrogens with zero attached hydrogens (tertiary/aromatic N) is 1. The zero-order valence-electron chi connectivity index (χ0n) is 12.2. The average molecular weight is 334 g/mol. The Kier molecular flexibility index (Phi) is 5.48. The summed E-state index contributed by atoms with van der Waals surface area (Å²) in [5, 5.41) is 12.8. The van der Waals surface area contributed by atoms with Crippen LogP contribution in [0.2, 0.25) is 0 Å². The van der Waals surface area contributed by atoms with Crippen LogP contribution >= 0.6 is 11.3 Å². The lowest BCUT2D eigenvalue weighted by atomic mass is 10.0. The van der Waals surface area contributed by atoms with Gasteiger partial charge in [-0.05, 0) is 12.0 Å². The molecule has 1 rings (SSSR count). The van der Waals surface area contributed by atoms with E-state index in [-0.39, 0.29) is 15.7 Å². The number of aliphatic carboxylic acids is 1. The number of rotatable bonds is 6. The van der Waals surface area contributed by atoms with Crippen molar-refractivity contribution in [2.75, 3.05) is 14.1 Å². The number of carboxylic acids is 1. The van der Waals surface area contributed by atoms with Crippen molar-refractivity contribution in [3.8, 4) is 0 Å². The second-order valence-corrected chi connectivity index (χ2v) is 8.03. The highest BCUT2D eigenvalue weighted by molar-refractivity contribution is 7.89. The molecular weight excluding hydrogens is 316 g/mol. The van der Waals surface area contributed by atoms with Gasteiger partial charge in [-0.1, -0.05) is 13.8 Å². The summed E-state index contributed by atoms with van der Waals surface area (Å²) >= 11 is 0.957. The number of hydrogen-bond acceptors (Lipinski definition) is 5. The number of sulfonamides is 1. The number of carbonyl (C=O) groups excluding carboxylic acids is 1. The van der Waals surface area contributed by atoms with E-state index in [0.29, 0.717) is 0 Å². The Morgan fingerprint density at radius 2 is 1.90 bits per heavy atom. The van der Waals surface area contributed by atoms with Gasteiger partial charge in [-0.3, -0.25) is 4.79 Å². The SMILES string of the molecule is CC(C)[C@@H](NC(=O)c1cc(S(=O)(=O)N(C)C)cs1)C(=O)O. The average Bonchev–Trinajstić information content (AvgIpc) is 2.84. The van der Waals surface area contributed by atoms with Crippen LogP contribution in [0.15, 0.2) is 16.3 Å². The van der Waals surface area contributed by atoms with Crippen LogP contribution in [-0.2, 0) is 14.8 Å². The topological polar surface area (TPSA) is 104 Å². The molecule has 0 unspecified atom stereocenters. The monoisotopic (exact) mass is 334 g/mol. The van der Waals surface area contributed by atoms with Gasteiger partial charge in [0.15, 0.2) is 0 Å². The molecule has 9 heteroatoms. The Morgan fingerprint density at radius 1 is 1.33 bits per heavy atom. The van der Waals surface area contributed by atoms with E-state index >= 15 is 0 Å². The van der Waals surface area contributed by atoms with Gasteiger partial charge in [0.1, 0.15) is 6.04 Å². The number of carboxylic acid groups (broad SMARTS) is 1. The molecule has 1 aromatic rings. The molecule has 0 aliphatic rings. The molecule has 1 heterocycles. The number of carbonyl (C=O) groups is 2. The van der Waals surface area contributed by atoms with Crippen molar-refractivity contribution in [1.29, 1.82) is 0 Å². The van der Waals surface area contributed by atoms with Crippen LogP contribution in [-0.4, -0.2) is 49.8 Å². The van der Waals surface area contributed by atoms with E-state index in [1.807, 2.05) is 0 Å². The van der Waals surface area contributed by atoms with E-state index in [9.17, 15) is 18.0 Å². The summed E-state index contributed by atoms with van der Waals surface area (Å²) in [7, 11) is -0.814. The highest BCUT2D eigenvalue weighted by Crippen LogP contribution is 2.21. The molecule has 0 saturated heterocycles. The maximum Gasteiger partial charge on any atom is 0.326 e. The van der Waals surface area contributed by atoms with Gasteiger partial charge in [0.25, 0.3) is 5.91 Å². The molecule has 0 saturated carbocycles. The molecule has 1 aromatic heterocycles. The smallest absolute Gasteiger partial charge is 0.326 e. The fourth-order valence-corrected chi connectivity index (χ4v) is 3.58. The summed E-state index contributed by atoms with van der Waals surface area (Å²) in [6, 6.07) is 0.225. The zero-order valence-corrected chi connectivity index (χ0v) is 13.8. The van der Waals surface area contributed by atoms with Crippen molar-refractivity contribution in [3.05, 3.63) is 16.3 Å². The Bertz CT molecular complexity index is 634. The normalized spacial score (nSPS) is 13.4. The first-order valence-corrected chi connectivity index (χ1v) is 8.44. The number of thiophene rings is 1. The molecule has 1 atom stereocenters. The lowest BCUT2D eigenvalue weighted by Gasteiger charge is -2.17. The third kappa shape index (κ3) is 4.02. The molecule has 0 aliphatic carbocycles. The predicted molar refractivity (Wildman–Crippen MR) is 78.9 cm³/mol. The molecule has 21 heavy (non-hydrogen) atoms. The van der Waals surface area contributed by atoms with Gasteiger partial charge >= 0.3 is 5.97 Å². The first-order valence-electron chi connectivity index (χ1n) is 6.12. The van der Waals surface area contributed by atoms with Crippen molar-refractivity contribution < 1.29 is 23.1 Å². The molecule has 0 aromatic carbocycles. The highest BCUT2D eigenvalue weighted by atomic mass is 32.2. The van der Waals surface area contributed by atoms with E-state index in [1.165, 1.54) is 25.5 Å². The lowest BCUT2D eigenvalue weighted by molar-refractivity contribution is -0.140. The van der Waals surface area contributed by atoms with Crippen LogP contribution in [0.25, 0.3) is 0 Å². The molecule has 0 fully saturated rings.